The van der Waals surface area contributed by atoms with Crippen molar-refractivity contribution in [2.45, 2.75) is 6.42 Å². The van der Waals surface area contributed by atoms with Gasteiger partial charge in [-0.2, -0.15) is 0 Å². The predicted molar refractivity (Wildman–Crippen MR) is 89.7 cm³/mol. The maximum Gasteiger partial charge on any atom is 0.330 e. The minimum Gasteiger partial charge on any atom is -0.493 e. The first-order valence-electron chi connectivity index (χ1n) is 7.49. The Bertz CT molecular complexity index is 617. The van der Waals surface area contributed by atoms with E-state index in [1.54, 1.807) is 30.3 Å². The molecule has 0 radical (unpaired) electrons. The Morgan fingerprint density at radius 3 is 2.32 bits per heavy atom. The molecule has 7 heteroatoms. The highest BCUT2D eigenvalue weighted by molar-refractivity contribution is 5.86. The monoisotopic (exact) mass is 348 g/mol. The molecule has 1 rings (SSSR count). The summed E-state index contributed by atoms with van der Waals surface area (Å²) in [5.41, 5.74) is 0.811. The zero-order valence-electron chi connectivity index (χ0n) is 13.9. The number of rotatable bonds is 10. The normalized spacial score (nSPS) is 10.1. The van der Waals surface area contributed by atoms with Crippen LogP contribution in [0.5, 0.6) is 5.75 Å². The van der Waals surface area contributed by atoms with Gasteiger partial charge in [-0.25, -0.2) is 9.59 Å². The highest BCUT2D eigenvalue weighted by Crippen LogP contribution is 2.13. The number of ether oxygens (including phenoxy) is 4. The van der Waals surface area contributed by atoms with Gasteiger partial charge in [0.05, 0.1) is 20.1 Å². The van der Waals surface area contributed by atoms with E-state index in [1.165, 1.54) is 13.2 Å². The van der Waals surface area contributed by atoms with Crippen molar-refractivity contribution in [2.24, 2.45) is 0 Å². The number of carbonyl (C=O) groups is 3. The van der Waals surface area contributed by atoms with Gasteiger partial charge in [0.2, 0.25) is 0 Å². The van der Waals surface area contributed by atoms with Crippen LogP contribution in [0.3, 0.4) is 0 Å². The molecule has 134 valence electrons. The first-order chi connectivity index (χ1) is 12.0. The van der Waals surface area contributed by atoms with E-state index >= 15 is 0 Å². The molecule has 0 fully saturated rings. The smallest absolute Gasteiger partial charge is 0.330 e. The number of carbonyl (C=O) groups excluding carboxylic acids is 3. The Labute approximate surface area is 145 Å². The van der Waals surface area contributed by atoms with E-state index in [-0.39, 0.29) is 26.2 Å². The quantitative estimate of drug-likeness (QED) is 0.276. The van der Waals surface area contributed by atoms with E-state index in [0.29, 0.717) is 5.75 Å². The molecule has 1 aromatic carbocycles. The van der Waals surface area contributed by atoms with Gasteiger partial charge < -0.3 is 18.9 Å². The van der Waals surface area contributed by atoms with Crippen LogP contribution in [-0.2, 0) is 28.6 Å². The fourth-order valence-electron chi connectivity index (χ4n) is 1.59. The van der Waals surface area contributed by atoms with Crippen molar-refractivity contribution in [2.75, 3.05) is 26.9 Å². The zero-order valence-corrected chi connectivity index (χ0v) is 13.9. The molecule has 0 aromatic heterocycles. The van der Waals surface area contributed by atoms with Crippen molar-refractivity contribution in [1.29, 1.82) is 0 Å². The molecule has 1 aromatic rings. The Kier molecular flexibility index (Phi) is 9.14. The molecule has 0 aliphatic carbocycles. The highest BCUT2D eigenvalue weighted by atomic mass is 16.6. The number of methoxy groups -OCH3 is 1. The maximum atomic E-state index is 11.5. The molecule has 0 amide bonds. The molecule has 7 nitrogen and oxygen atoms in total. The van der Waals surface area contributed by atoms with Gasteiger partial charge in [-0.1, -0.05) is 18.7 Å². The van der Waals surface area contributed by atoms with E-state index < -0.39 is 17.9 Å². The van der Waals surface area contributed by atoms with Crippen LogP contribution in [0.15, 0.2) is 43.0 Å². The average molecular weight is 348 g/mol. The molecule has 0 aliphatic rings. The molecular formula is C18H20O7. The van der Waals surface area contributed by atoms with Crippen LogP contribution >= 0.6 is 0 Å². The van der Waals surface area contributed by atoms with Gasteiger partial charge in [0.25, 0.3) is 0 Å². The lowest BCUT2D eigenvalue weighted by Crippen LogP contribution is -2.14. The number of hydrogen-bond acceptors (Lipinski definition) is 7. The van der Waals surface area contributed by atoms with Gasteiger partial charge >= 0.3 is 17.9 Å². The summed E-state index contributed by atoms with van der Waals surface area (Å²) < 4.78 is 19.5. The summed E-state index contributed by atoms with van der Waals surface area (Å²) in [5.74, 6) is -0.863. The van der Waals surface area contributed by atoms with Crippen LogP contribution in [-0.4, -0.2) is 44.8 Å². The van der Waals surface area contributed by atoms with Gasteiger partial charge in [0.15, 0.2) is 0 Å². The largest absolute Gasteiger partial charge is 0.493 e. The van der Waals surface area contributed by atoms with Crippen LogP contribution in [0.25, 0.3) is 6.08 Å². The molecule has 0 N–H and O–H groups in total. The summed E-state index contributed by atoms with van der Waals surface area (Å²) in [5, 5.41) is 0. The van der Waals surface area contributed by atoms with Gasteiger partial charge in [0, 0.05) is 12.2 Å². The summed E-state index contributed by atoms with van der Waals surface area (Å²) in [6.45, 7) is 3.37. The molecular weight excluding hydrogens is 328 g/mol. The molecule has 0 heterocycles. The third kappa shape index (κ3) is 8.95. The van der Waals surface area contributed by atoms with Crippen LogP contribution in [0.1, 0.15) is 12.0 Å². The van der Waals surface area contributed by atoms with Crippen molar-refractivity contribution < 1.29 is 33.3 Å². The molecule has 0 saturated carbocycles. The molecule has 0 unspecified atom stereocenters. The van der Waals surface area contributed by atoms with Crippen LogP contribution in [0.4, 0.5) is 0 Å². The second-order valence-corrected chi connectivity index (χ2v) is 4.62. The first-order valence-corrected chi connectivity index (χ1v) is 7.49. The zero-order chi connectivity index (χ0) is 18.5. The van der Waals surface area contributed by atoms with Gasteiger partial charge in [-0.3, -0.25) is 4.79 Å². The molecule has 0 saturated heterocycles. The second-order valence-electron chi connectivity index (χ2n) is 4.62. The minimum atomic E-state index is -0.565. The average Bonchev–Trinajstić information content (AvgIpc) is 2.64. The van der Waals surface area contributed by atoms with Gasteiger partial charge in [-0.15, -0.1) is 0 Å². The summed E-state index contributed by atoms with van der Waals surface area (Å²) in [6, 6.07) is 6.97. The number of esters is 3. The predicted octanol–water partition coefficient (Wildman–Crippen LogP) is 1.91. The summed E-state index contributed by atoms with van der Waals surface area (Å²) in [6.07, 6.45) is 4.04. The minimum absolute atomic E-state index is 0.0142. The lowest BCUT2D eigenvalue weighted by Gasteiger charge is -2.07. The fourth-order valence-corrected chi connectivity index (χ4v) is 1.59. The van der Waals surface area contributed by atoms with Crippen molar-refractivity contribution >= 4 is 24.0 Å². The van der Waals surface area contributed by atoms with Crippen molar-refractivity contribution in [3.05, 3.63) is 48.6 Å². The Morgan fingerprint density at radius 2 is 1.68 bits per heavy atom. The standard InChI is InChI=1S/C18H20O7/c1-3-16(19)24-12-13-25-18(21)10-11-23-15-7-4-14(5-8-15)6-9-17(20)22-2/h3-9H,1,10-13H2,2H3. The van der Waals surface area contributed by atoms with Gasteiger partial charge in [-0.05, 0) is 23.8 Å². The van der Waals surface area contributed by atoms with Crippen molar-refractivity contribution in [3.8, 4) is 5.75 Å². The van der Waals surface area contributed by atoms with Crippen molar-refractivity contribution in [1.82, 2.24) is 0 Å². The van der Waals surface area contributed by atoms with E-state index in [0.717, 1.165) is 11.6 Å². The third-order valence-electron chi connectivity index (χ3n) is 2.83. The lowest BCUT2D eigenvalue weighted by molar-refractivity contribution is -0.150. The Balaban J connectivity index is 2.24. The number of benzene rings is 1. The molecule has 0 aliphatic heterocycles. The van der Waals surface area contributed by atoms with Crippen LogP contribution in [0.2, 0.25) is 0 Å². The first kappa shape index (κ1) is 20.0. The molecule has 0 atom stereocenters. The Morgan fingerprint density at radius 1 is 1.00 bits per heavy atom. The topological polar surface area (TPSA) is 88.1 Å². The van der Waals surface area contributed by atoms with Gasteiger partial charge in [0.1, 0.15) is 19.0 Å². The van der Waals surface area contributed by atoms with Crippen LogP contribution in [0, 0.1) is 0 Å². The van der Waals surface area contributed by atoms with Crippen molar-refractivity contribution in [3.63, 3.8) is 0 Å². The SMILES string of the molecule is C=CC(=O)OCCOC(=O)CCOc1ccc(C=CC(=O)OC)cc1. The maximum absolute atomic E-state index is 11.5. The third-order valence-corrected chi connectivity index (χ3v) is 2.83. The second kappa shape index (κ2) is 11.4. The summed E-state index contributed by atoms with van der Waals surface area (Å²) in [7, 11) is 1.31. The summed E-state index contributed by atoms with van der Waals surface area (Å²) in [4.78, 5) is 33.2. The Hall–Kier alpha value is -3.09. The van der Waals surface area contributed by atoms with E-state index in [1.807, 2.05) is 0 Å². The molecule has 25 heavy (non-hydrogen) atoms. The highest BCUT2D eigenvalue weighted by Gasteiger charge is 2.04. The molecule has 0 spiro atoms. The fraction of sp³-hybridized carbons (Fsp3) is 0.278. The summed E-state index contributed by atoms with van der Waals surface area (Å²) >= 11 is 0. The van der Waals surface area contributed by atoms with E-state index in [2.05, 4.69) is 16.1 Å². The van der Waals surface area contributed by atoms with E-state index in [9.17, 15) is 14.4 Å². The molecule has 0 bridgehead atoms. The lowest BCUT2D eigenvalue weighted by atomic mass is 10.2. The van der Waals surface area contributed by atoms with E-state index in [4.69, 9.17) is 9.47 Å². The number of hydrogen-bond donors (Lipinski definition) is 0. The van der Waals surface area contributed by atoms with Crippen LogP contribution < -0.4 is 4.74 Å².